The lowest BCUT2D eigenvalue weighted by atomic mass is 9.97. The van der Waals surface area contributed by atoms with E-state index in [1.54, 1.807) is 32.5 Å². The number of aromatic amines is 1. The maximum atomic E-state index is 13.6. The van der Waals surface area contributed by atoms with Crippen LogP contribution in [0.25, 0.3) is 11.3 Å². The van der Waals surface area contributed by atoms with Crippen LogP contribution >= 0.6 is 0 Å². The van der Waals surface area contributed by atoms with Crippen molar-refractivity contribution in [2.75, 3.05) is 20.8 Å². The summed E-state index contributed by atoms with van der Waals surface area (Å²) in [5.41, 5.74) is 9.19. The van der Waals surface area contributed by atoms with E-state index in [0.29, 0.717) is 48.9 Å². The lowest BCUT2D eigenvalue weighted by Crippen LogP contribution is -2.49. The van der Waals surface area contributed by atoms with E-state index in [1.165, 1.54) is 13.2 Å². The predicted octanol–water partition coefficient (Wildman–Crippen LogP) is 2.20. The molecule has 0 radical (unpaired) electrons. The highest BCUT2D eigenvalue weighted by Crippen LogP contribution is 2.34. The number of ether oxygens (including phenoxy) is 2. The van der Waals surface area contributed by atoms with E-state index in [2.05, 4.69) is 30.9 Å². The summed E-state index contributed by atoms with van der Waals surface area (Å²) < 4.78 is 24.1. The Kier molecular flexibility index (Phi) is 8.74. The average molecular weight is 527 g/mol. The number of imidazole rings is 1. The van der Waals surface area contributed by atoms with Crippen molar-refractivity contribution < 1.29 is 18.7 Å². The summed E-state index contributed by atoms with van der Waals surface area (Å²) in [7, 11) is 3.07. The third-order valence-electron chi connectivity index (χ3n) is 6.59. The van der Waals surface area contributed by atoms with E-state index in [1.807, 2.05) is 13.0 Å². The topological polar surface area (TPSA) is 151 Å². The summed E-state index contributed by atoms with van der Waals surface area (Å²) in [6.07, 6.45) is 9.04. The van der Waals surface area contributed by atoms with Gasteiger partial charge in [0.15, 0.2) is 12.1 Å². The Bertz CT molecular complexity index is 1230. The molecule has 6 N–H and O–H groups in total. The quantitative estimate of drug-likeness (QED) is 0.314. The van der Waals surface area contributed by atoms with Gasteiger partial charge in [-0.25, -0.2) is 14.4 Å². The van der Waals surface area contributed by atoms with Gasteiger partial charge >= 0.3 is 0 Å². The summed E-state index contributed by atoms with van der Waals surface area (Å²) in [6.45, 7) is 4.07. The van der Waals surface area contributed by atoms with Gasteiger partial charge in [-0.05, 0) is 38.0 Å². The second-order valence-electron chi connectivity index (χ2n) is 9.38. The zero-order chi connectivity index (χ0) is 27.2. The molecule has 4 atom stereocenters. The predicted molar refractivity (Wildman–Crippen MR) is 145 cm³/mol. The highest BCUT2D eigenvalue weighted by Gasteiger charge is 2.28. The van der Waals surface area contributed by atoms with Crippen molar-refractivity contribution in [1.29, 1.82) is 0 Å². The van der Waals surface area contributed by atoms with Gasteiger partial charge in [0, 0.05) is 50.9 Å². The number of hydrogen-bond donors (Lipinski definition) is 5. The first-order chi connectivity index (χ1) is 18.3. The lowest BCUT2D eigenvalue weighted by molar-refractivity contribution is -0.130. The summed E-state index contributed by atoms with van der Waals surface area (Å²) >= 11 is 0. The van der Waals surface area contributed by atoms with Gasteiger partial charge in [0.25, 0.3) is 0 Å². The molecular formula is C26H35FN8O3. The molecule has 1 aromatic rings. The largest absolute Gasteiger partial charge is 0.497 e. The highest BCUT2D eigenvalue weighted by molar-refractivity contribution is 5.87. The lowest BCUT2D eigenvalue weighted by Gasteiger charge is -2.25. The maximum Gasteiger partial charge on any atom is 0.249 e. The van der Waals surface area contributed by atoms with Crippen LogP contribution in [0, 0.1) is 0 Å². The van der Waals surface area contributed by atoms with Crippen molar-refractivity contribution in [2.45, 2.75) is 57.5 Å². The van der Waals surface area contributed by atoms with E-state index in [4.69, 9.17) is 20.2 Å². The Morgan fingerprint density at radius 3 is 2.79 bits per heavy atom. The molecule has 11 nitrogen and oxygen atoms in total. The molecule has 2 aliphatic heterocycles. The third kappa shape index (κ3) is 6.37. The van der Waals surface area contributed by atoms with Crippen LogP contribution < -0.4 is 21.7 Å². The Balaban J connectivity index is 1.53. The molecule has 3 aliphatic rings. The molecule has 0 saturated heterocycles. The molecule has 204 valence electrons. The Morgan fingerprint density at radius 2 is 2.08 bits per heavy atom. The first-order valence-electron chi connectivity index (χ1n) is 12.6. The molecule has 0 saturated carbocycles. The number of aromatic nitrogens is 2. The van der Waals surface area contributed by atoms with Gasteiger partial charge in [0.2, 0.25) is 5.91 Å². The first kappa shape index (κ1) is 27.3. The fourth-order valence-corrected chi connectivity index (χ4v) is 4.28. The molecule has 4 rings (SSSR count). The van der Waals surface area contributed by atoms with Gasteiger partial charge < -0.3 is 30.8 Å². The molecule has 0 bridgehead atoms. The zero-order valence-corrected chi connectivity index (χ0v) is 22.0. The molecule has 1 aliphatic carbocycles. The Hall–Kier alpha value is -3.77. The van der Waals surface area contributed by atoms with Gasteiger partial charge in [-0.2, -0.15) is 0 Å². The van der Waals surface area contributed by atoms with Crippen molar-refractivity contribution in [1.82, 2.24) is 25.9 Å². The number of nitrogens with one attached hydrogen (secondary N) is 4. The van der Waals surface area contributed by atoms with Crippen LogP contribution in [0.5, 0.6) is 0 Å². The molecule has 12 heteroatoms. The van der Waals surface area contributed by atoms with Gasteiger partial charge in [0.05, 0.1) is 18.5 Å². The number of nitrogens with two attached hydrogens (primary N) is 1. The number of rotatable bonds is 10. The molecule has 3 heterocycles. The number of allylic oxidation sites excluding steroid dienone is 6. The number of amides is 1. The number of aliphatic imine (C=N–C) groups is 2. The molecular weight excluding hydrogens is 491 g/mol. The smallest absolute Gasteiger partial charge is 0.249 e. The minimum Gasteiger partial charge on any atom is -0.497 e. The number of carbonyl (C=O) groups is 1. The monoisotopic (exact) mass is 526 g/mol. The van der Waals surface area contributed by atoms with Gasteiger partial charge in [-0.15, -0.1) is 0 Å². The van der Waals surface area contributed by atoms with Crippen molar-refractivity contribution in [3.8, 4) is 0 Å². The minimum atomic E-state index is -0.525. The van der Waals surface area contributed by atoms with Crippen LogP contribution in [-0.4, -0.2) is 67.5 Å². The van der Waals surface area contributed by atoms with E-state index >= 15 is 0 Å². The van der Waals surface area contributed by atoms with Crippen LogP contribution in [0.3, 0.4) is 0 Å². The van der Waals surface area contributed by atoms with Gasteiger partial charge in [0.1, 0.15) is 29.2 Å². The number of methoxy groups -OCH3 is 2. The average Bonchev–Trinajstić information content (AvgIpc) is 3.38. The number of halogens is 1. The molecule has 0 aromatic carbocycles. The van der Waals surface area contributed by atoms with Crippen LogP contribution in [0.15, 0.2) is 45.6 Å². The summed E-state index contributed by atoms with van der Waals surface area (Å²) in [5, 5.41) is 9.59. The van der Waals surface area contributed by atoms with Crippen LogP contribution in [0.2, 0.25) is 0 Å². The molecule has 2 unspecified atom stereocenters. The van der Waals surface area contributed by atoms with Crippen LogP contribution in [0.4, 0.5) is 4.39 Å². The molecule has 1 aromatic heterocycles. The Morgan fingerprint density at radius 1 is 1.26 bits per heavy atom. The summed E-state index contributed by atoms with van der Waals surface area (Å²) in [5.74, 6) is 1.15. The van der Waals surface area contributed by atoms with E-state index in [-0.39, 0.29) is 23.7 Å². The van der Waals surface area contributed by atoms with E-state index in [0.717, 1.165) is 17.0 Å². The summed E-state index contributed by atoms with van der Waals surface area (Å²) in [4.78, 5) is 29.2. The molecule has 38 heavy (non-hydrogen) atoms. The normalized spacial score (nSPS) is 22.7. The standard InChI is InChI=1S/C26H35FN8O3/c1-14(32-25(36)15(2)37-3)12-31-26-29-10-9-19(33-26)22-21(17-11-20(38-4)23(28)30-13-17)34-24(35-22)16-5-7-18(27)8-6-16/h5,7,9-10,13-15,17,26,31,33H,6,8,11-12,28H2,1-4H3,(H,32,36)(H,34,35)/t14-,15+,17?,26?/m0/s1. The van der Waals surface area contributed by atoms with Crippen molar-refractivity contribution in [3.05, 3.63) is 52.8 Å². The van der Waals surface area contributed by atoms with Crippen molar-refractivity contribution >= 4 is 29.6 Å². The minimum absolute atomic E-state index is 0.144. The summed E-state index contributed by atoms with van der Waals surface area (Å²) in [6, 6.07) is -0.145. The second kappa shape index (κ2) is 12.2. The van der Waals surface area contributed by atoms with Gasteiger partial charge in [-0.3, -0.25) is 15.1 Å². The van der Waals surface area contributed by atoms with E-state index in [9.17, 15) is 9.18 Å². The number of carbonyl (C=O) groups excluding carboxylic acids is 1. The maximum absolute atomic E-state index is 13.6. The fraction of sp³-hybridized carbons (Fsp3) is 0.462. The molecule has 0 fully saturated rings. The Labute approximate surface area is 221 Å². The highest BCUT2D eigenvalue weighted by atomic mass is 19.1. The zero-order valence-electron chi connectivity index (χ0n) is 22.0. The number of nitrogens with zero attached hydrogens (tertiary/aromatic N) is 3. The fourth-order valence-electron chi connectivity index (χ4n) is 4.28. The van der Waals surface area contributed by atoms with Crippen molar-refractivity contribution in [3.63, 3.8) is 0 Å². The first-order valence-corrected chi connectivity index (χ1v) is 12.6. The van der Waals surface area contributed by atoms with E-state index < -0.39 is 12.4 Å². The van der Waals surface area contributed by atoms with Crippen LogP contribution in [-0.2, 0) is 14.3 Å². The van der Waals surface area contributed by atoms with Gasteiger partial charge in [-0.1, -0.05) is 6.08 Å². The second-order valence-corrected chi connectivity index (χ2v) is 9.38. The third-order valence-corrected chi connectivity index (χ3v) is 6.59. The van der Waals surface area contributed by atoms with Crippen LogP contribution in [0.1, 0.15) is 56.2 Å². The number of H-pyrrole nitrogens is 1. The van der Waals surface area contributed by atoms with Crippen molar-refractivity contribution in [2.24, 2.45) is 15.7 Å². The number of hydrogen-bond acceptors (Lipinski definition) is 9. The molecule has 0 spiro atoms. The molecule has 1 amide bonds. The SMILES string of the molecule is COC1=C(N)N=CC(c2[nH]c(C3=CC=C(F)CC3)nc2C2=CC=NC(NC[C@H](C)NC(=O)[C@@H](C)OC)N2)C1.